The average Bonchev–Trinajstić information content (AvgIpc) is 2.96. The van der Waals surface area contributed by atoms with Gasteiger partial charge in [-0.3, -0.25) is 14.4 Å². The maximum absolute atomic E-state index is 13.0. The first-order chi connectivity index (χ1) is 13.6. The van der Waals surface area contributed by atoms with Crippen molar-refractivity contribution in [3.05, 3.63) is 57.5 Å². The summed E-state index contributed by atoms with van der Waals surface area (Å²) in [4.78, 5) is 37.5. The van der Waals surface area contributed by atoms with Crippen LogP contribution in [0.5, 0.6) is 0 Å². The molecule has 1 aliphatic carbocycles. The second-order valence-corrected chi connectivity index (χ2v) is 8.81. The van der Waals surface area contributed by atoms with Gasteiger partial charge in [-0.05, 0) is 54.8 Å². The van der Waals surface area contributed by atoms with Crippen molar-refractivity contribution in [1.29, 1.82) is 0 Å². The van der Waals surface area contributed by atoms with Crippen LogP contribution in [0.25, 0.3) is 0 Å². The molecule has 0 aromatic heterocycles. The van der Waals surface area contributed by atoms with Gasteiger partial charge in [0, 0.05) is 11.1 Å². The molecule has 2 heterocycles. The molecule has 29 heavy (non-hydrogen) atoms. The number of carbonyl (C=O) groups is 3. The Bertz CT molecular complexity index is 933. The number of hydrogen-bond acceptors (Lipinski definition) is 5. The van der Waals surface area contributed by atoms with E-state index in [1.165, 1.54) is 13.2 Å². The van der Waals surface area contributed by atoms with E-state index in [9.17, 15) is 14.4 Å². The topological polar surface area (TPSA) is 69.7 Å². The minimum atomic E-state index is -1.41. The largest absolute Gasteiger partial charge is 0.465 e. The fourth-order valence-corrected chi connectivity index (χ4v) is 4.74. The molecule has 0 amide bonds. The van der Waals surface area contributed by atoms with Gasteiger partial charge in [-0.15, -0.1) is 0 Å². The summed E-state index contributed by atoms with van der Waals surface area (Å²) in [5, 5.41) is 0. The summed E-state index contributed by atoms with van der Waals surface area (Å²) in [5.74, 6) is -2.00. The fraction of sp³-hybridized carbons (Fsp3) is 0.435. The number of esters is 1. The Morgan fingerprint density at radius 1 is 1.34 bits per heavy atom. The number of Topliss-reactive ketones (excluding diaryl/α,β-unsaturated/α-hetero) is 2. The van der Waals surface area contributed by atoms with E-state index in [1.54, 1.807) is 13.0 Å². The highest BCUT2D eigenvalue weighted by molar-refractivity contribution is 9.12. The molecular formula is C23H25BrO5. The highest BCUT2D eigenvalue weighted by Crippen LogP contribution is 2.52. The Hall–Kier alpha value is -2.21. The number of ketones is 2. The Kier molecular flexibility index (Phi) is 5.86. The third-order valence-corrected chi connectivity index (χ3v) is 6.56. The molecule has 2 aliphatic heterocycles. The highest BCUT2D eigenvalue weighted by Gasteiger charge is 2.63. The van der Waals surface area contributed by atoms with Gasteiger partial charge < -0.3 is 9.47 Å². The number of halogens is 1. The molecule has 0 N–H and O–H groups in total. The molecule has 154 valence electrons. The third-order valence-electron chi connectivity index (χ3n) is 5.77. The van der Waals surface area contributed by atoms with E-state index in [1.807, 2.05) is 19.1 Å². The second-order valence-electron chi connectivity index (χ2n) is 8.02. The Morgan fingerprint density at radius 3 is 2.66 bits per heavy atom. The van der Waals surface area contributed by atoms with Crippen molar-refractivity contribution in [3.63, 3.8) is 0 Å². The van der Waals surface area contributed by atoms with Crippen molar-refractivity contribution in [2.24, 2.45) is 17.8 Å². The summed E-state index contributed by atoms with van der Waals surface area (Å²) < 4.78 is 11.5. The summed E-state index contributed by atoms with van der Waals surface area (Å²) in [7, 11) is 0. The van der Waals surface area contributed by atoms with Crippen LogP contribution < -0.4 is 0 Å². The van der Waals surface area contributed by atoms with Gasteiger partial charge >= 0.3 is 5.97 Å². The molecule has 5 nitrogen and oxygen atoms in total. The number of fused-ring (bicyclic) bond motifs is 3. The zero-order valence-corrected chi connectivity index (χ0v) is 18.8. The Balaban J connectivity index is 1.98. The lowest BCUT2D eigenvalue weighted by atomic mass is 9.68. The van der Waals surface area contributed by atoms with Gasteiger partial charge in [-0.1, -0.05) is 38.0 Å². The van der Waals surface area contributed by atoms with Crippen molar-refractivity contribution in [2.75, 3.05) is 0 Å². The minimum Gasteiger partial charge on any atom is -0.465 e. The predicted molar refractivity (Wildman–Crippen MR) is 113 cm³/mol. The van der Waals surface area contributed by atoms with E-state index in [0.717, 1.165) is 12.0 Å². The SMILES string of the molecule is CC[C@@H](C)/C=C(C)/C=C/C1=CC2=C(Br)C(=O)[C@]3(C)OC(=O)[C@@H](C(C)=O)[C@@H]3C2=CO1. The molecule has 3 aliphatic rings. The maximum atomic E-state index is 13.0. The van der Waals surface area contributed by atoms with Crippen molar-refractivity contribution in [2.45, 2.75) is 46.6 Å². The standard InChI is InChI=1S/C23H25BrO5/c1-6-12(2)9-13(3)7-8-15-10-16-17(11-28-15)19-18(14(4)25)22(27)29-23(19,5)21(26)20(16)24/h7-12,18-19H,6H2,1-5H3/b8-7+,13-9+/t12-,18+,19+,23-/m1/s1. The van der Waals surface area contributed by atoms with Crippen LogP contribution in [0.3, 0.4) is 0 Å². The van der Waals surface area contributed by atoms with E-state index >= 15 is 0 Å². The summed E-state index contributed by atoms with van der Waals surface area (Å²) in [6, 6.07) is 0. The number of rotatable bonds is 5. The van der Waals surface area contributed by atoms with Crippen LogP contribution in [-0.4, -0.2) is 23.1 Å². The lowest BCUT2D eigenvalue weighted by molar-refractivity contribution is -0.156. The van der Waals surface area contributed by atoms with Gasteiger partial charge in [-0.2, -0.15) is 0 Å². The first-order valence-corrected chi connectivity index (χ1v) is 10.5. The van der Waals surface area contributed by atoms with Gasteiger partial charge in [-0.25, -0.2) is 0 Å². The Morgan fingerprint density at radius 2 is 2.03 bits per heavy atom. The van der Waals surface area contributed by atoms with E-state index < -0.39 is 23.4 Å². The van der Waals surface area contributed by atoms with Crippen LogP contribution >= 0.6 is 15.9 Å². The fourth-order valence-electron chi connectivity index (χ4n) is 4.00. The Labute approximate surface area is 179 Å². The molecule has 0 aromatic carbocycles. The van der Waals surface area contributed by atoms with E-state index in [-0.39, 0.29) is 11.6 Å². The first kappa shape index (κ1) is 21.5. The number of hydrogen-bond donors (Lipinski definition) is 0. The third kappa shape index (κ3) is 3.70. The zero-order chi connectivity index (χ0) is 21.5. The molecule has 0 unspecified atom stereocenters. The predicted octanol–water partition coefficient (Wildman–Crippen LogP) is 4.70. The van der Waals surface area contributed by atoms with Gasteiger partial charge in [0.1, 0.15) is 17.5 Å². The molecule has 6 heteroatoms. The zero-order valence-electron chi connectivity index (χ0n) is 17.2. The quantitative estimate of drug-likeness (QED) is 0.337. The molecule has 4 atom stereocenters. The van der Waals surface area contributed by atoms with Crippen LogP contribution in [-0.2, 0) is 23.9 Å². The second kappa shape index (κ2) is 7.90. The maximum Gasteiger partial charge on any atom is 0.318 e. The van der Waals surface area contributed by atoms with Crippen LogP contribution in [0.15, 0.2) is 57.5 Å². The normalized spacial score (nSPS) is 30.3. The molecule has 0 aromatic rings. The summed E-state index contributed by atoms with van der Waals surface area (Å²) in [6.45, 7) is 9.22. The average molecular weight is 461 g/mol. The van der Waals surface area contributed by atoms with Crippen LogP contribution in [0.2, 0.25) is 0 Å². The van der Waals surface area contributed by atoms with Crippen LogP contribution in [0.4, 0.5) is 0 Å². The molecular weight excluding hydrogens is 436 g/mol. The lowest BCUT2D eigenvalue weighted by Crippen LogP contribution is -2.47. The van der Waals surface area contributed by atoms with E-state index in [2.05, 4.69) is 35.9 Å². The van der Waals surface area contributed by atoms with Gasteiger partial charge in [0.15, 0.2) is 5.60 Å². The number of allylic oxidation sites excluding steroid dienone is 6. The van der Waals surface area contributed by atoms with Crippen molar-refractivity contribution in [3.8, 4) is 0 Å². The van der Waals surface area contributed by atoms with Crippen molar-refractivity contribution >= 4 is 33.5 Å². The summed E-state index contributed by atoms with van der Waals surface area (Å²) in [5.41, 5.74) is 0.942. The molecule has 1 fully saturated rings. The van der Waals surface area contributed by atoms with Gasteiger partial charge in [0.2, 0.25) is 5.78 Å². The molecule has 0 saturated carbocycles. The lowest BCUT2D eigenvalue weighted by Gasteiger charge is -2.36. The van der Waals surface area contributed by atoms with Crippen LogP contribution in [0.1, 0.15) is 41.0 Å². The van der Waals surface area contributed by atoms with E-state index in [4.69, 9.17) is 9.47 Å². The number of carbonyl (C=O) groups excluding carboxylic acids is 3. The van der Waals surface area contributed by atoms with Gasteiger partial charge in [0.05, 0.1) is 16.7 Å². The van der Waals surface area contributed by atoms with E-state index in [0.29, 0.717) is 27.3 Å². The van der Waals surface area contributed by atoms with Crippen molar-refractivity contribution in [1.82, 2.24) is 0 Å². The number of ether oxygens (including phenoxy) is 2. The highest BCUT2D eigenvalue weighted by atomic mass is 79.9. The smallest absolute Gasteiger partial charge is 0.318 e. The summed E-state index contributed by atoms with van der Waals surface area (Å²) in [6.07, 6.45) is 10.3. The monoisotopic (exact) mass is 460 g/mol. The minimum absolute atomic E-state index is 0.320. The molecule has 0 spiro atoms. The van der Waals surface area contributed by atoms with Crippen LogP contribution in [0, 0.1) is 17.8 Å². The summed E-state index contributed by atoms with van der Waals surface area (Å²) >= 11 is 3.37. The van der Waals surface area contributed by atoms with Crippen molar-refractivity contribution < 1.29 is 23.9 Å². The first-order valence-electron chi connectivity index (χ1n) is 9.73. The molecule has 0 radical (unpaired) electrons. The van der Waals surface area contributed by atoms with Gasteiger partial charge in [0.25, 0.3) is 0 Å². The molecule has 1 saturated heterocycles. The molecule has 0 bridgehead atoms. The molecule has 3 rings (SSSR count).